The molecular weight excluding hydrogens is 300 g/mol. The Morgan fingerprint density at radius 1 is 1.12 bits per heavy atom. The minimum atomic E-state index is -0.528. The molecule has 0 aliphatic heterocycles. The molecule has 2 rings (SSSR count). The van der Waals surface area contributed by atoms with E-state index in [1.54, 1.807) is 6.92 Å². The van der Waals surface area contributed by atoms with Gasteiger partial charge >= 0.3 is 0 Å². The van der Waals surface area contributed by atoms with Gasteiger partial charge in [-0.2, -0.15) is 0 Å². The van der Waals surface area contributed by atoms with Crippen LogP contribution in [0.3, 0.4) is 0 Å². The second-order valence-corrected chi connectivity index (χ2v) is 6.35. The third kappa shape index (κ3) is 5.70. The highest BCUT2D eigenvalue weighted by Crippen LogP contribution is 2.14. The number of nitrogens with zero attached hydrogens (tertiary/aromatic N) is 1. The number of ether oxygens (including phenoxy) is 1. The number of benzene rings is 2. The lowest BCUT2D eigenvalue weighted by molar-refractivity contribution is -0.127. The molecule has 1 amide bonds. The Bertz CT molecular complexity index is 666. The van der Waals surface area contributed by atoms with Crippen molar-refractivity contribution >= 4 is 5.91 Å². The Morgan fingerprint density at radius 3 is 2.42 bits per heavy atom. The predicted molar refractivity (Wildman–Crippen MR) is 96.9 cm³/mol. The predicted octanol–water partition coefficient (Wildman–Crippen LogP) is 3.14. The average molecular weight is 326 g/mol. The fourth-order valence-electron chi connectivity index (χ4n) is 2.41. The van der Waals surface area contributed by atoms with Crippen LogP contribution in [0.1, 0.15) is 23.6 Å². The van der Waals surface area contributed by atoms with Crippen molar-refractivity contribution in [2.24, 2.45) is 0 Å². The smallest absolute Gasteiger partial charge is 0.261 e. The number of carbonyl (C=O) groups excluding carboxylic acids is 1. The second kappa shape index (κ2) is 8.50. The van der Waals surface area contributed by atoms with Crippen LogP contribution in [0.2, 0.25) is 0 Å². The SMILES string of the molecule is Cc1cccc(O[C@@H](C)C(=O)NCc2ccc(CN(C)C)cc2)c1. The first kappa shape index (κ1) is 18.0. The van der Waals surface area contributed by atoms with Crippen LogP contribution in [-0.4, -0.2) is 31.0 Å². The lowest BCUT2D eigenvalue weighted by Gasteiger charge is -2.15. The maximum absolute atomic E-state index is 12.2. The zero-order valence-corrected chi connectivity index (χ0v) is 14.9. The van der Waals surface area contributed by atoms with Crippen molar-refractivity contribution in [3.63, 3.8) is 0 Å². The zero-order valence-electron chi connectivity index (χ0n) is 14.9. The minimum Gasteiger partial charge on any atom is -0.481 e. The van der Waals surface area contributed by atoms with Gasteiger partial charge in [-0.1, -0.05) is 36.4 Å². The quantitative estimate of drug-likeness (QED) is 0.850. The molecule has 0 bridgehead atoms. The van der Waals surface area contributed by atoms with E-state index in [4.69, 9.17) is 4.74 Å². The van der Waals surface area contributed by atoms with Gasteiger partial charge in [-0.05, 0) is 56.8 Å². The topological polar surface area (TPSA) is 41.6 Å². The molecule has 128 valence electrons. The van der Waals surface area contributed by atoms with Gasteiger partial charge in [0, 0.05) is 13.1 Å². The monoisotopic (exact) mass is 326 g/mol. The van der Waals surface area contributed by atoms with E-state index in [0.717, 1.165) is 17.7 Å². The summed E-state index contributed by atoms with van der Waals surface area (Å²) in [4.78, 5) is 14.3. The van der Waals surface area contributed by atoms with E-state index in [0.29, 0.717) is 12.3 Å². The van der Waals surface area contributed by atoms with Gasteiger partial charge in [0.15, 0.2) is 6.10 Å². The summed E-state index contributed by atoms with van der Waals surface area (Å²) in [6.07, 6.45) is -0.528. The Balaban J connectivity index is 1.83. The minimum absolute atomic E-state index is 0.117. The first-order valence-corrected chi connectivity index (χ1v) is 8.17. The largest absolute Gasteiger partial charge is 0.481 e. The molecule has 0 unspecified atom stereocenters. The lowest BCUT2D eigenvalue weighted by atomic mass is 10.1. The lowest BCUT2D eigenvalue weighted by Crippen LogP contribution is -2.35. The molecule has 0 radical (unpaired) electrons. The van der Waals surface area contributed by atoms with Crippen molar-refractivity contribution in [1.29, 1.82) is 0 Å². The summed E-state index contributed by atoms with van der Waals surface area (Å²) < 4.78 is 5.69. The number of aryl methyl sites for hydroxylation is 1. The summed E-state index contributed by atoms with van der Waals surface area (Å²) in [5, 5.41) is 2.92. The molecule has 4 heteroatoms. The first-order chi connectivity index (χ1) is 11.4. The van der Waals surface area contributed by atoms with Crippen molar-refractivity contribution < 1.29 is 9.53 Å². The Morgan fingerprint density at radius 2 is 1.79 bits per heavy atom. The summed E-state index contributed by atoms with van der Waals surface area (Å²) in [5.41, 5.74) is 3.44. The molecule has 0 spiro atoms. The van der Waals surface area contributed by atoms with Gasteiger partial charge in [0.1, 0.15) is 5.75 Å². The van der Waals surface area contributed by atoms with Crippen LogP contribution in [0, 0.1) is 6.92 Å². The van der Waals surface area contributed by atoms with Crippen LogP contribution >= 0.6 is 0 Å². The molecular formula is C20H26N2O2. The van der Waals surface area contributed by atoms with E-state index in [1.807, 2.05) is 57.4 Å². The van der Waals surface area contributed by atoms with Crippen LogP contribution in [0.25, 0.3) is 0 Å². The molecule has 0 aromatic heterocycles. The first-order valence-electron chi connectivity index (χ1n) is 8.17. The maximum atomic E-state index is 12.2. The molecule has 24 heavy (non-hydrogen) atoms. The normalized spacial score (nSPS) is 12.0. The third-order valence-electron chi connectivity index (χ3n) is 3.66. The van der Waals surface area contributed by atoms with E-state index >= 15 is 0 Å². The van der Waals surface area contributed by atoms with Gasteiger partial charge in [-0.25, -0.2) is 0 Å². The highest BCUT2D eigenvalue weighted by molar-refractivity contribution is 5.80. The van der Waals surface area contributed by atoms with E-state index in [1.165, 1.54) is 5.56 Å². The Labute approximate surface area is 144 Å². The van der Waals surface area contributed by atoms with Crippen molar-refractivity contribution in [3.8, 4) is 5.75 Å². The van der Waals surface area contributed by atoms with Crippen molar-refractivity contribution in [3.05, 3.63) is 65.2 Å². The van der Waals surface area contributed by atoms with E-state index in [2.05, 4.69) is 22.3 Å². The number of nitrogens with one attached hydrogen (secondary N) is 1. The standard InChI is InChI=1S/C20H26N2O2/c1-15-6-5-7-19(12-15)24-16(2)20(23)21-13-17-8-10-18(11-9-17)14-22(3)4/h5-12,16H,13-14H2,1-4H3,(H,21,23)/t16-/m0/s1. The average Bonchev–Trinajstić information content (AvgIpc) is 2.53. The number of rotatable bonds is 7. The highest BCUT2D eigenvalue weighted by atomic mass is 16.5. The molecule has 0 saturated carbocycles. The second-order valence-electron chi connectivity index (χ2n) is 6.35. The fourth-order valence-corrected chi connectivity index (χ4v) is 2.41. The molecule has 0 aliphatic rings. The Kier molecular flexibility index (Phi) is 6.38. The van der Waals surface area contributed by atoms with Crippen LogP contribution in [-0.2, 0) is 17.9 Å². The highest BCUT2D eigenvalue weighted by Gasteiger charge is 2.14. The molecule has 0 heterocycles. The van der Waals surface area contributed by atoms with Crippen LogP contribution < -0.4 is 10.1 Å². The molecule has 2 aromatic carbocycles. The van der Waals surface area contributed by atoms with E-state index in [9.17, 15) is 4.79 Å². The van der Waals surface area contributed by atoms with Gasteiger partial charge < -0.3 is 15.0 Å². The number of hydrogen-bond donors (Lipinski definition) is 1. The van der Waals surface area contributed by atoms with E-state index < -0.39 is 6.10 Å². The van der Waals surface area contributed by atoms with E-state index in [-0.39, 0.29) is 5.91 Å². The molecule has 4 nitrogen and oxygen atoms in total. The van der Waals surface area contributed by atoms with Crippen molar-refractivity contribution in [1.82, 2.24) is 10.2 Å². The maximum Gasteiger partial charge on any atom is 0.261 e. The van der Waals surface area contributed by atoms with Gasteiger partial charge in [-0.3, -0.25) is 4.79 Å². The third-order valence-corrected chi connectivity index (χ3v) is 3.66. The fraction of sp³-hybridized carbons (Fsp3) is 0.350. The summed E-state index contributed by atoms with van der Waals surface area (Å²) in [6, 6.07) is 16.0. The Hall–Kier alpha value is -2.33. The summed E-state index contributed by atoms with van der Waals surface area (Å²) in [6.45, 7) is 5.17. The molecule has 0 aliphatic carbocycles. The number of amides is 1. The van der Waals surface area contributed by atoms with Gasteiger partial charge in [0.25, 0.3) is 5.91 Å². The molecule has 0 fully saturated rings. The van der Waals surface area contributed by atoms with Crippen LogP contribution in [0.15, 0.2) is 48.5 Å². The molecule has 1 atom stereocenters. The zero-order chi connectivity index (χ0) is 17.5. The molecule has 2 aromatic rings. The van der Waals surface area contributed by atoms with Gasteiger partial charge in [0.2, 0.25) is 0 Å². The summed E-state index contributed by atoms with van der Waals surface area (Å²) >= 11 is 0. The number of hydrogen-bond acceptors (Lipinski definition) is 3. The van der Waals surface area contributed by atoms with Crippen molar-refractivity contribution in [2.75, 3.05) is 14.1 Å². The van der Waals surface area contributed by atoms with Gasteiger partial charge in [0.05, 0.1) is 0 Å². The number of carbonyl (C=O) groups is 1. The van der Waals surface area contributed by atoms with Crippen LogP contribution in [0.5, 0.6) is 5.75 Å². The van der Waals surface area contributed by atoms with Crippen molar-refractivity contribution in [2.45, 2.75) is 33.0 Å². The molecule has 0 saturated heterocycles. The van der Waals surface area contributed by atoms with Crippen LogP contribution in [0.4, 0.5) is 0 Å². The summed E-state index contributed by atoms with van der Waals surface area (Å²) in [5.74, 6) is 0.597. The van der Waals surface area contributed by atoms with Gasteiger partial charge in [-0.15, -0.1) is 0 Å². The molecule has 1 N–H and O–H groups in total. The summed E-state index contributed by atoms with van der Waals surface area (Å²) in [7, 11) is 4.09.